The Morgan fingerprint density at radius 1 is 1.35 bits per heavy atom. The number of nitrogens with zero attached hydrogens (tertiary/aromatic N) is 3. The van der Waals surface area contributed by atoms with Crippen molar-refractivity contribution in [1.82, 2.24) is 15.1 Å². The van der Waals surface area contributed by atoms with Gasteiger partial charge >= 0.3 is 5.97 Å². The summed E-state index contributed by atoms with van der Waals surface area (Å²) in [6.45, 7) is 9.11. The van der Waals surface area contributed by atoms with Gasteiger partial charge in [0.05, 0.1) is 13.0 Å². The molecule has 1 N–H and O–H groups in total. The standard InChI is InChI=1S/C17H32N4O2/c1-5-20-9-7-6-8-14(20)10-19-17(18-3)21-11-13(2)15(12-21)16(22)23-4/h13-15H,5-12H2,1-4H3,(H,18,19). The maximum Gasteiger partial charge on any atom is 0.310 e. The minimum Gasteiger partial charge on any atom is -0.469 e. The van der Waals surface area contributed by atoms with Gasteiger partial charge in [-0.3, -0.25) is 14.7 Å². The number of methoxy groups -OCH3 is 1. The van der Waals surface area contributed by atoms with Gasteiger partial charge in [0.25, 0.3) is 0 Å². The quantitative estimate of drug-likeness (QED) is 0.478. The zero-order valence-corrected chi connectivity index (χ0v) is 15.0. The van der Waals surface area contributed by atoms with Crippen molar-refractivity contribution in [2.24, 2.45) is 16.8 Å². The number of hydrogen-bond donors (Lipinski definition) is 1. The van der Waals surface area contributed by atoms with E-state index in [0.29, 0.717) is 18.5 Å². The van der Waals surface area contributed by atoms with Crippen LogP contribution in [0, 0.1) is 11.8 Å². The fourth-order valence-electron chi connectivity index (χ4n) is 3.85. The Kier molecular flexibility index (Phi) is 6.69. The zero-order chi connectivity index (χ0) is 16.8. The normalized spacial score (nSPS) is 29.7. The lowest BCUT2D eigenvalue weighted by atomic mass is 9.99. The van der Waals surface area contributed by atoms with Crippen LogP contribution >= 0.6 is 0 Å². The number of carbonyl (C=O) groups is 1. The number of carbonyl (C=O) groups excluding carboxylic acids is 1. The lowest BCUT2D eigenvalue weighted by Crippen LogP contribution is -2.49. The van der Waals surface area contributed by atoms with E-state index in [1.807, 2.05) is 7.05 Å². The topological polar surface area (TPSA) is 57.2 Å². The third-order valence-electron chi connectivity index (χ3n) is 5.28. The first-order valence-corrected chi connectivity index (χ1v) is 8.88. The van der Waals surface area contributed by atoms with Gasteiger partial charge in [0.15, 0.2) is 5.96 Å². The highest BCUT2D eigenvalue weighted by Crippen LogP contribution is 2.24. The molecular formula is C17H32N4O2. The largest absolute Gasteiger partial charge is 0.469 e. The van der Waals surface area contributed by atoms with Crippen molar-refractivity contribution < 1.29 is 9.53 Å². The number of nitrogens with one attached hydrogen (secondary N) is 1. The molecule has 6 nitrogen and oxygen atoms in total. The Bertz CT molecular complexity index is 427. The van der Waals surface area contributed by atoms with Crippen molar-refractivity contribution in [3.05, 3.63) is 0 Å². The molecule has 0 aromatic rings. The van der Waals surface area contributed by atoms with Gasteiger partial charge in [-0.25, -0.2) is 0 Å². The van der Waals surface area contributed by atoms with Crippen LogP contribution in [0.1, 0.15) is 33.1 Å². The first-order valence-electron chi connectivity index (χ1n) is 8.88. The molecule has 23 heavy (non-hydrogen) atoms. The molecule has 2 aliphatic heterocycles. The third kappa shape index (κ3) is 4.37. The van der Waals surface area contributed by atoms with E-state index >= 15 is 0 Å². The van der Waals surface area contributed by atoms with Gasteiger partial charge in [-0.15, -0.1) is 0 Å². The van der Waals surface area contributed by atoms with Crippen LogP contribution in [0.4, 0.5) is 0 Å². The van der Waals surface area contributed by atoms with Crippen molar-refractivity contribution in [2.45, 2.75) is 39.2 Å². The molecule has 6 heteroatoms. The van der Waals surface area contributed by atoms with Gasteiger partial charge in [-0.1, -0.05) is 20.3 Å². The van der Waals surface area contributed by atoms with Crippen LogP contribution in [0.5, 0.6) is 0 Å². The number of likely N-dealkylation sites (N-methyl/N-ethyl adjacent to an activating group) is 1. The maximum atomic E-state index is 11.9. The van der Waals surface area contributed by atoms with Crippen LogP contribution in [0.3, 0.4) is 0 Å². The number of aliphatic imine (C=N–C) groups is 1. The second-order valence-electron chi connectivity index (χ2n) is 6.72. The molecule has 0 aromatic carbocycles. The Morgan fingerprint density at radius 2 is 2.13 bits per heavy atom. The average molecular weight is 324 g/mol. The first kappa shape index (κ1) is 18.0. The van der Waals surface area contributed by atoms with E-state index in [2.05, 4.69) is 34.0 Å². The van der Waals surface area contributed by atoms with E-state index in [9.17, 15) is 4.79 Å². The number of ether oxygens (including phenoxy) is 1. The number of likely N-dealkylation sites (tertiary alicyclic amines) is 2. The van der Waals surface area contributed by atoms with Crippen LogP contribution in [-0.4, -0.2) is 74.7 Å². The second kappa shape index (κ2) is 8.52. The van der Waals surface area contributed by atoms with Gasteiger partial charge in [0.1, 0.15) is 0 Å². The Hall–Kier alpha value is -1.30. The molecule has 0 radical (unpaired) electrons. The van der Waals surface area contributed by atoms with Crippen molar-refractivity contribution in [2.75, 3.05) is 46.9 Å². The minimum absolute atomic E-state index is 0.0552. The highest BCUT2D eigenvalue weighted by molar-refractivity contribution is 5.82. The molecular weight excluding hydrogens is 292 g/mol. The molecule has 2 fully saturated rings. The molecule has 132 valence electrons. The van der Waals surface area contributed by atoms with Gasteiger partial charge in [-0.2, -0.15) is 0 Å². The van der Waals surface area contributed by atoms with Crippen LogP contribution < -0.4 is 5.32 Å². The van der Waals surface area contributed by atoms with E-state index in [1.54, 1.807) is 0 Å². The molecule has 2 rings (SSSR count). The Balaban J connectivity index is 1.89. The van der Waals surface area contributed by atoms with E-state index in [4.69, 9.17) is 4.74 Å². The highest BCUT2D eigenvalue weighted by Gasteiger charge is 2.37. The average Bonchev–Trinajstić information content (AvgIpc) is 2.96. The maximum absolute atomic E-state index is 11.9. The van der Waals surface area contributed by atoms with Crippen LogP contribution in [0.25, 0.3) is 0 Å². The summed E-state index contributed by atoms with van der Waals surface area (Å²) in [7, 11) is 3.28. The fraction of sp³-hybridized carbons (Fsp3) is 0.882. The molecule has 2 aliphatic rings. The van der Waals surface area contributed by atoms with Crippen LogP contribution in [-0.2, 0) is 9.53 Å². The van der Waals surface area contributed by atoms with E-state index in [-0.39, 0.29) is 11.9 Å². The van der Waals surface area contributed by atoms with E-state index < -0.39 is 0 Å². The summed E-state index contributed by atoms with van der Waals surface area (Å²) in [5.41, 5.74) is 0. The number of esters is 1. The molecule has 0 aliphatic carbocycles. The molecule has 0 amide bonds. The van der Waals surface area contributed by atoms with Crippen molar-refractivity contribution in [1.29, 1.82) is 0 Å². The summed E-state index contributed by atoms with van der Waals surface area (Å²) in [6.07, 6.45) is 3.87. The summed E-state index contributed by atoms with van der Waals surface area (Å²) >= 11 is 0. The van der Waals surface area contributed by atoms with Crippen molar-refractivity contribution >= 4 is 11.9 Å². The summed E-state index contributed by atoms with van der Waals surface area (Å²) in [5, 5.41) is 3.53. The van der Waals surface area contributed by atoms with Crippen molar-refractivity contribution in [3.63, 3.8) is 0 Å². The summed E-state index contributed by atoms with van der Waals surface area (Å²) in [5.74, 6) is 1.04. The third-order valence-corrected chi connectivity index (χ3v) is 5.28. The molecule has 3 unspecified atom stereocenters. The number of hydrogen-bond acceptors (Lipinski definition) is 4. The molecule has 0 bridgehead atoms. The highest BCUT2D eigenvalue weighted by atomic mass is 16.5. The second-order valence-corrected chi connectivity index (χ2v) is 6.72. The summed E-state index contributed by atoms with van der Waals surface area (Å²) < 4.78 is 4.92. The zero-order valence-electron chi connectivity index (χ0n) is 15.0. The van der Waals surface area contributed by atoms with E-state index in [1.165, 1.54) is 32.9 Å². The molecule has 2 saturated heterocycles. The van der Waals surface area contributed by atoms with Gasteiger partial charge in [0, 0.05) is 32.7 Å². The predicted octanol–water partition coefficient (Wildman–Crippen LogP) is 1.18. The molecule has 2 heterocycles. The van der Waals surface area contributed by atoms with Crippen LogP contribution in [0.15, 0.2) is 4.99 Å². The molecule has 0 aromatic heterocycles. The minimum atomic E-state index is -0.111. The lowest BCUT2D eigenvalue weighted by Gasteiger charge is -2.35. The smallest absolute Gasteiger partial charge is 0.310 e. The molecule has 0 saturated carbocycles. The summed E-state index contributed by atoms with van der Waals surface area (Å²) in [6, 6.07) is 0.585. The predicted molar refractivity (Wildman–Crippen MR) is 92.5 cm³/mol. The van der Waals surface area contributed by atoms with Gasteiger partial charge in [0.2, 0.25) is 0 Å². The Morgan fingerprint density at radius 3 is 2.78 bits per heavy atom. The van der Waals surface area contributed by atoms with Gasteiger partial charge < -0.3 is 15.0 Å². The van der Waals surface area contributed by atoms with Gasteiger partial charge in [-0.05, 0) is 31.8 Å². The molecule has 0 spiro atoms. The Labute approximate surface area is 140 Å². The SMILES string of the molecule is CCN1CCCCC1CNC(=NC)N1CC(C)C(C(=O)OC)C1. The number of piperidine rings is 1. The number of guanidine groups is 1. The molecule has 3 atom stereocenters. The van der Waals surface area contributed by atoms with Crippen molar-refractivity contribution in [3.8, 4) is 0 Å². The fourth-order valence-corrected chi connectivity index (χ4v) is 3.85. The van der Waals surface area contributed by atoms with Crippen LogP contribution in [0.2, 0.25) is 0 Å². The monoisotopic (exact) mass is 324 g/mol. The first-order chi connectivity index (χ1) is 11.1. The number of rotatable bonds is 4. The lowest BCUT2D eigenvalue weighted by molar-refractivity contribution is -0.145. The summed E-state index contributed by atoms with van der Waals surface area (Å²) in [4.78, 5) is 21.0. The van der Waals surface area contributed by atoms with E-state index in [0.717, 1.165) is 25.6 Å².